The second-order valence-electron chi connectivity index (χ2n) is 6.09. The summed E-state index contributed by atoms with van der Waals surface area (Å²) in [5, 5.41) is 2.88. The lowest BCUT2D eigenvalue weighted by molar-refractivity contribution is -0.116. The first-order valence-corrected chi connectivity index (χ1v) is 8.78. The Morgan fingerprint density at radius 2 is 1.52 bits per heavy atom. The third-order valence-electron chi connectivity index (χ3n) is 4.23. The summed E-state index contributed by atoms with van der Waals surface area (Å²) in [6, 6.07) is 15.3. The number of benzene rings is 2. The van der Waals surface area contributed by atoms with Crippen LogP contribution in [0.4, 0.5) is 5.69 Å². The number of anilines is 1. The second-order valence-corrected chi connectivity index (χ2v) is 6.09. The maximum Gasteiger partial charge on any atom is 0.253 e. The monoisotopic (exact) mass is 338 g/mol. The highest BCUT2D eigenvalue weighted by Gasteiger charge is 2.12. The van der Waals surface area contributed by atoms with Crippen molar-refractivity contribution in [1.82, 2.24) is 4.90 Å². The Morgan fingerprint density at radius 3 is 2.08 bits per heavy atom. The summed E-state index contributed by atoms with van der Waals surface area (Å²) in [5.74, 6) is -0.00866. The molecule has 25 heavy (non-hydrogen) atoms. The average Bonchev–Trinajstić information content (AvgIpc) is 2.63. The van der Waals surface area contributed by atoms with Crippen molar-refractivity contribution in [2.45, 2.75) is 33.6 Å². The fourth-order valence-electron chi connectivity index (χ4n) is 2.63. The Balaban J connectivity index is 1.88. The van der Waals surface area contributed by atoms with Crippen molar-refractivity contribution >= 4 is 17.5 Å². The van der Waals surface area contributed by atoms with Gasteiger partial charge in [0.2, 0.25) is 5.91 Å². The van der Waals surface area contributed by atoms with Crippen LogP contribution in [0.1, 0.15) is 41.8 Å². The molecule has 0 heterocycles. The third-order valence-corrected chi connectivity index (χ3v) is 4.23. The van der Waals surface area contributed by atoms with Crippen molar-refractivity contribution in [2.75, 3.05) is 18.4 Å². The molecule has 4 nitrogen and oxygen atoms in total. The minimum absolute atomic E-state index is 0.0160. The molecule has 0 saturated heterocycles. The number of nitrogens with zero attached hydrogens (tertiary/aromatic N) is 1. The molecule has 0 bridgehead atoms. The van der Waals surface area contributed by atoms with E-state index in [4.69, 9.17) is 0 Å². The summed E-state index contributed by atoms with van der Waals surface area (Å²) in [7, 11) is 0. The first-order valence-electron chi connectivity index (χ1n) is 8.78. The van der Waals surface area contributed by atoms with E-state index in [1.54, 1.807) is 29.2 Å². The zero-order valence-electron chi connectivity index (χ0n) is 15.2. The summed E-state index contributed by atoms with van der Waals surface area (Å²) in [6.07, 6.45) is 1.15. The summed E-state index contributed by atoms with van der Waals surface area (Å²) in [6.45, 7) is 7.35. The largest absolute Gasteiger partial charge is 0.339 e. The van der Waals surface area contributed by atoms with Crippen LogP contribution in [0.5, 0.6) is 0 Å². The standard InChI is InChI=1S/C21H26N2O2/c1-4-23(5-2)21(25)18-11-13-19(14-12-18)22-20(24)15-10-17-8-6-16(3)7-9-17/h6-9,11-14H,4-5,10,15H2,1-3H3,(H,22,24). The highest BCUT2D eigenvalue weighted by atomic mass is 16.2. The molecule has 0 saturated carbocycles. The molecule has 0 spiro atoms. The first kappa shape index (κ1) is 18.7. The molecule has 0 aromatic heterocycles. The van der Waals surface area contributed by atoms with Gasteiger partial charge in [0.1, 0.15) is 0 Å². The van der Waals surface area contributed by atoms with Gasteiger partial charge in [-0.15, -0.1) is 0 Å². The van der Waals surface area contributed by atoms with Crippen LogP contribution in [-0.4, -0.2) is 29.8 Å². The van der Waals surface area contributed by atoms with E-state index in [0.29, 0.717) is 37.2 Å². The van der Waals surface area contributed by atoms with Gasteiger partial charge >= 0.3 is 0 Å². The normalized spacial score (nSPS) is 10.4. The van der Waals surface area contributed by atoms with Gasteiger partial charge in [-0.05, 0) is 57.0 Å². The molecule has 2 amide bonds. The summed E-state index contributed by atoms with van der Waals surface area (Å²) in [4.78, 5) is 26.1. The number of carbonyl (C=O) groups excluding carboxylic acids is 2. The lowest BCUT2D eigenvalue weighted by Gasteiger charge is -2.18. The Bertz CT molecular complexity index is 702. The zero-order chi connectivity index (χ0) is 18.2. The van der Waals surface area contributed by atoms with Crippen molar-refractivity contribution in [3.8, 4) is 0 Å². The van der Waals surface area contributed by atoms with E-state index in [2.05, 4.69) is 29.6 Å². The highest BCUT2D eigenvalue weighted by molar-refractivity contribution is 5.95. The van der Waals surface area contributed by atoms with Crippen LogP contribution in [0, 0.1) is 6.92 Å². The maximum atomic E-state index is 12.3. The van der Waals surface area contributed by atoms with E-state index in [-0.39, 0.29) is 11.8 Å². The summed E-state index contributed by atoms with van der Waals surface area (Å²) in [5.41, 5.74) is 3.72. The van der Waals surface area contributed by atoms with Crippen molar-refractivity contribution in [3.63, 3.8) is 0 Å². The van der Waals surface area contributed by atoms with Crippen LogP contribution in [0.15, 0.2) is 48.5 Å². The van der Waals surface area contributed by atoms with E-state index in [1.807, 2.05) is 20.8 Å². The van der Waals surface area contributed by atoms with E-state index in [0.717, 1.165) is 5.56 Å². The number of hydrogen-bond acceptors (Lipinski definition) is 2. The van der Waals surface area contributed by atoms with E-state index >= 15 is 0 Å². The number of hydrogen-bond donors (Lipinski definition) is 1. The SMILES string of the molecule is CCN(CC)C(=O)c1ccc(NC(=O)CCc2ccc(C)cc2)cc1. The Labute approximate surface area is 149 Å². The number of aryl methyl sites for hydroxylation is 2. The van der Waals surface area contributed by atoms with Gasteiger partial charge in [0.25, 0.3) is 5.91 Å². The van der Waals surface area contributed by atoms with Crippen molar-refractivity contribution < 1.29 is 9.59 Å². The topological polar surface area (TPSA) is 49.4 Å². The lowest BCUT2D eigenvalue weighted by Crippen LogP contribution is -2.30. The molecule has 2 aromatic carbocycles. The summed E-state index contributed by atoms with van der Waals surface area (Å²) >= 11 is 0. The van der Waals surface area contributed by atoms with Crippen molar-refractivity contribution in [2.24, 2.45) is 0 Å². The molecular weight excluding hydrogens is 312 g/mol. The van der Waals surface area contributed by atoms with Crippen LogP contribution < -0.4 is 5.32 Å². The van der Waals surface area contributed by atoms with Crippen LogP contribution in [0.3, 0.4) is 0 Å². The molecule has 0 unspecified atom stereocenters. The Hall–Kier alpha value is -2.62. The van der Waals surface area contributed by atoms with Crippen LogP contribution in [0.25, 0.3) is 0 Å². The van der Waals surface area contributed by atoms with Crippen LogP contribution >= 0.6 is 0 Å². The quantitative estimate of drug-likeness (QED) is 0.828. The van der Waals surface area contributed by atoms with E-state index < -0.39 is 0 Å². The molecule has 0 radical (unpaired) electrons. The fraction of sp³-hybridized carbons (Fsp3) is 0.333. The molecule has 4 heteroatoms. The molecular formula is C21H26N2O2. The van der Waals surface area contributed by atoms with Crippen molar-refractivity contribution in [3.05, 3.63) is 65.2 Å². The molecule has 1 N–H and O–H groups in total. The van der Waals surface area contributed by atoms with Crippen LogP contribution in [-0.2, 0) is 11.2 Å². The Morgan fingerprint density at radius 1 is 0.920 bits per heavy atom. The molecule has 0 fully saturated rings. The Kier molecular flexibility index (Phi) is 6.75. The number of rotatable bonds is 7. The predicted molar refractivity (Wildman–Crippen MR) is 102 cm³/mol. The van der Waals surface area contributed by atoms with Gasteiger partial charge in [-0.25, -0.2) is 0 Å². The van der Waals surface area contributed by atoms with Gasteiger partial charge in [0.05, 0.1) is 0 Å². The molecule has 132 valence electrons. The smallest absolute Gasteiger partial charge is 0.253 e. The zero-order valence-corrected chi connectivity index (χ0v) is 15.2. The number of carbonyl (C=O) groups is 2. The lowest BCUT2D eigenvalue weighted by atomic mass is 10.1. The minimum Gasteiger partial charge on any atom is -0.339 e. The van der Waals surface area contributed by atoms with Gasteiger partial charge in [-0.1, -0.05) is 29.8 Å². The number of nitrogens with one attached hydrogen (secondary N) is 1. The minimum atomic E-state index is -0.0246. The first-order chi connectivity index (χ1) is 12.0. The van der Waals surface area contributed by atoms with Gasteiger partial charge < -0.3 is 10.2 Å². The molecule has 0 aliphatic heterocycles. The van der Waals surface area contributed by atoms with Crippen LogP contribution in [0.2, 0.25) is 0 Å². The predicted octanol–water partition coefficient (Wildman–Crippen LogP) is 4.05. The van der Waals surface area contributed by atoms with Gasteiger partial charge in [-0.2, -0.15) is 0 Å². The number of amides is 2. The highest BCUT2D eigenvalue weighted by Crippen LogP contribution is 2.13. The molecule has 2 rings (SSSR count). The van der Waals surface area contributed by atoms with Gasteiger partial charge in [-0.3, -0.25) is 9.59 Å². The second kappa shape index (κ2) is 9.02. The van der Waals surface area contributed by atoms with Gasteiger partial charge in [0, 0.05) is 30.8 Å². The average molecular weight is 338 g/mol. The maximum absolute atomic E-state index is 12.3. The van der Waals surface area contributed by atoms with Gasteiger partial charge in [0.15, 0.2) is 0 Å². The molecule has 0 aliphatic rings. The van der Waals surface area contributed by atoms with Crippen molar-refractivity contribution in [1.29, 1.82) is 0 Å². The molecule has 2 aromatic rings. The molecule has 0 aliphatic carbocycles. The van der Waals surface area contributed by atoms with E-state index in [9.17, 15) is 9.59 Å². The third kappa shape index (κ3) is 5.45. The summed E-state index contributed by atoms with van der Waals surface area (Å²) < 4.78 is 0. The fourth-order valence-corrected chi connectivity index (χ4v) is 2.63. The molecule has 0 atom stereocenters. The van der Waals surface area contributed by atoms with E-state index in [1.165, 1.54) is 5.56 Å².